The van der Waals surface area contributed by atoms with Crippen molar-refractivity contribution in [1.82, 2.24) is 5.16 Å². The van der Waals surface area contributed by atoms with Crippen molar-refractivity contribution in [2.24, 2.45) is 0 Å². The van der Waals surface area contributed by atoms with Crippen LogP contribution in [-0.2, 0) is 6.42 Å². The van der Waals surface area contributed by atoms with E-state index in [-0.39, 0.29) is 0 Å². The van der Waals surface area contributed by atoms with E-state index in [0.29, 0.717) is 11.3 Å². The molecule has 0 aromatic carbocycles. The average molecular weight is 136 g/mol. The molecule has 0 aliphatic rings. The van der Waals surface area contributed by atoms with E-state index in [0.717, 1.165) is 12.1 Å². The molecule has 0 saturated carbocycles. The fourth-order valence-electron chi connectivity index (χ4n) is 0.803. The van der Waals surface area contributed by atoms with E-state index >= 15 is 0 Å². The molecular weight excluding hydrogens is 128 g/mol. The quantitative estimate of drug-likeness (QED) is 0.586. The van der Waals surface area contributed by atoms with Crippen molar-refractivity contribution in [3.63, 3.8) is 0 Å². The standard InChI is InChI=1S/C7H8N2O/c1-3-7-6(4-8)5(2)10-9-7/h3H2,1-2H3. The molecule has 1 aromatic heterocycles. The van der Waals surface area contributed by atoms with Crippen molar-refractivity contribution in [2.45, 2.75) is 20.3 Å². The van der Waals surface area contributed by atoms with Gasteiger partial charge in [-0.2, -0.15) is 5.26 Å². The predicted octanol–water partition coefficient (Wildman–Crippen LogP) is 1.42. The summed E-state index contributed by atoms with van der Waals surface area (Å²) in [4.78, 5) is 0. The first-order valence-electron chi connectivity index (χ1n) is 3.14. The first-order chi connectivity index (χ1) is 4.79. The molecule has 1 aromatic rings. The van der Waals surface area contributed by atoms with E-state index < -0.39 is 0 Å². The van der Waals surface area contributed by atoms with Gasteiger partial charge in [0.1, 0.15) is 17.3 Å². The second-order valence-corrected chi connectivity index (χ2v) is 2.03. The van der Waals surface area contributed by atoms with Crippen LogP contribution >= 0.6 is 0 Å². The third-order valence-corrected chi connectivity index (χ3v) is 1.38. The molecule has 1 rings (SSSR count). The molecule has 3 nitrogen and oxygen atoms in total. The van der Waals surface area contributed by atoms with Crippen LogP contribution in [-0.4, -0.2) is 5.16 Å². The Morgan fingerprint density at radius 1 is 1.70 bits per heavy atom. The summed E-state index contributed by atoms with van der Waals surface area (Å²) in [6.07, 6.45) is 0.750. The smallest absolute Gasteiger partial charge is 0.151 e. The van der Waals surface area contributed by atoms with Gasteiger partial charge in [-0.1, -0.05) is 12.1 Å². The number of aromatic nitrogens is 1. The topological polar surface area (TPSA) is 49.8 Å². The third-order valence-electron chi connectivity index (χ3n) is 1.38. The van der Waals surface area contributed by atoms with E-state index in [1.54, 1.807) is 6.92 Å². The highest BCUT2D eigenvalue weighted by molar-refractivity contribution is 5.34. The van der Waals surface area contributed by atoms with E-state index in [2.05, 4.69) is 5.16 Å². The first kappa shape index (κ1) is 6.81. The summed E-state index contributed by atoms with van der Waals surface area (Å²) in [6.45, 7) is 3.68. The molecule has 3 heteroatoms. The highest BCUT2D eigenvalue weighted by Crippen LogP contribution is 2.11. The fraction of sp³-hybridized carbons (Fsp3) is 0.429. The van der Waals surface area contributed by atoms with Gasteiger partial charge in [-0.05, 0) is 13.3 Å². The molecule has 0 aliphatic heterocycles. The van der Waals surface area contributed by atoms with Crippen molar-refractivity contribution in [3.8, 4) is 6.07 Å². The summed E-state index contributed by atoms with van der Waals surface area (Å²) in [6, 6.07) is 2.04. The van der Waals surface area contributed by atoms with Crippen LogP contribution in [0.3, 0.4) is 0 Å². The van der Waals surface area contributed by atoms with Gasteiger partial charge in [-0.25, -0.2) is 0 Å². The maximum absolute atomic E-state index is 8.57. The first-order valence-corrected chi connectivity index (χ1v) is 3.14. The SMILES string of the molecule is CCc1noc(C)c1C#N. The summed E-state index contributed by atoms with van der Waals surface area (Å²) in [7, 11) is 0. The number of rotatable bonds is 1. The zero-order valence-electron chi connectivity index (χ0n) is 6.01. The monoisotopic (exact) mass is 136 g/mol. The molecule has 52 valence electrons. The summed E-state index contributed by atoms with van der Waals surface area (Å²) >= 11 is 0. The minimum atomic E-state index is 0.586. The lowest BCUT2D eigenvalue weighted by atomic mass is 10.2. The largest absolute Gasteiger partial charge is 0.360 e. The Morgan fingerprint density at radius 2 is 2.40 bits per heavy atom. The van der Waals surface area contributed by atoms with Gasteiger partial charge in [-0.15, -0.1) is 0 Å². The molecule has 0 fully saturated rings. The highest BCUT2D eigenvalue weighted by atomic mass is 16.5. The highest BCUT2D eigenvalue weighted by Gasteiger charge is 2.08. The molecule has 0 aliphatic carbocycles. The van der Waals surface area contributed by atoms with Gasteiger partial charge in [0.15, 0.2) is 5.76 Å². The van der Waals surface area contributed by atoms with Crippen LogP contribution in [0, 0.1) is 18.3 Å². The van der Waals surface area contributed by atoms with Crippen molar-refractivity contribution >= 4 is 0 Å². The molecule has 0 N–H and O–H groups in total. The van der Waals surface area contributed by atoms with Gasteiger partial charge in [0.25, 0.3) is 0 Å². The Kier molecular flexibility index (Phi) is 1.72. The normalized spacial score (nSPS) is 9.30. The summed E-state index contributed by atoms with van der Waals surface area (Å²) < 4.78 is 4.80. The summed E-state index contributed by atoms with van der Waals surface area (Å²) in [5.74, 6) is 0.611. The molecule has 1 heterocycles. The lowest BCUT2D eigenvalue weighted by Gasteiger charge is -1.83. The average Bonchev–Trinajstić information content (AvgIpc) is 2.30. The molecule has 0 atom stereocenters. The Labute approximate surface area is 59.2 Å². The molecule has 10 heavy (non-hydrogen) atoms. The Balaban J connectivity index is 3.17. The van der Waals surface area contributed by atoms with Gasteiger partial charge in [-0.3, -0.25) is 0 Å². The maximum atomic E-state index is 8.57. The van der Waals surface area contributed by atoms with E-state index in [4.69, 9.17) is 9.78 Å². The number of hydrogen-bond donors (Lipinski definition) is 0. The van der Waals surface area contributed by atoms with Gasteiger partial charge in [0, 0.05) is 0 Å². The van der Waals surface area contributed by atoms with Crippen molar-refractivity contribution in [3.05, 3.63) is 17.0 Å². The number of aryl methyl sites for hydroxylation is 2. The van der Waals surface area contributed by atoms with Crippen LogP contribution in [0.4, 0.5) is 0 Å². The van der Waals surface area contributed by atoms with Gasteiger partial charge >= 0.3 is 0 Å². The van der Waals surface area contributed by atoms with E-state index in [9.17, 15) is 0 Å². The predicted molar refractivity (Wildman–Crippen MR) is 35.3 cm³/mol. The van der Waals surface area contributed by atoms with Crippen LogP contribution < -0.4 is 0 Å². The van der Waals surface area contributed by atoms with Gasteiger partial charge in [0.2, 0.25) is 0 Å². The van der Waals surface area contributed by atoms with Crippen molar-refractivity contribution < 1.29 is 4.52 Å². The van der Waals surface area contributed by atoms with Crippen LogP contribution in [0.25, 0.3) is 0 Å². The molecule has 0 unspecified atom stereocenters. The minimum absolute atomic E-state index is 0.586. The Bertz CT molecular complexity index is 270. The van der Waals surface area contributed by atoms with Gasteiger partial charge in [0.05, 0.1) is 0 Å². The number of hydrogen-bond acceptors (Lipinski definition) is 3. The van der Waals surface area contributed by atoms with Gasteiger partial charge < -0.3 is 4.52 Å². The lowest BCUT2D eigenvalue weighted by molar-refractivity contribution is 0.391. The minimum Gasteiger partial charge on any atom is -0.360 e. The lowest BCUT2D eigenvalue weighted by Crippen LogP contribution is -1.83. The number of nitriles is 1. The van der Waals surface area contributed by atoms with Crippen molar-refractivity contribution in [2.75, 3.05) is 0 Å². The zero-order valence-corrected chi connectivity index (χ0v) is 6.01. The molecule has 0 spiro atoms. The zero-order chi connectivity index (χ0) is 7.56. The van der Waals surface area contributed by atoms with E-state index in [1.165, 1.54) is 0 Å². The van der Waals surface area contributed by atoms with Crippen LogP contribution in [0.15, 0.2) is 4.52 Å². The fourth-order valence-corrected chi connectivity index (χ4v) is 0.803. The number of nitrogens with zero attached hydrogens (tertiary/aromatic N) is 2. The second-order valence-electron chi connectivity index (χ2n) is 2.03. The third kappa shape index (κ3) is 0.883. The molecule has 0 radical (unpaired) electrons. The molecular formula is C7H8N2O. The second kappa shape index (κ2) is 2.53. The molecule has 0 saturated heterocycles. The van der Waals surface area contributed by atoms with Crippen LogP contribution in [0.5, 0.6) is 0 Å². The van der Waals surface area contributed by atoms with Crippen LogP contribution in [0.2, 0.25) is 0 Å². The Morgan fingerprint density at radius 3 is 2.80 bits per heavy atom. The molecule has 0 amide bonds. The summed E-state index contributed by atoms with van der Waals surface area (Å²) in [5.41, 5.74) is 1.34. The Hall–Kier alpha value is -1.30. The maximum Gasteiger partial charge on any atom is 0.151 e. The molecule has 0 bridgehead atoms. The van der Waals surface area contributed by atoms with Crippen LogP contribution in [0.1, 0.15) is 23.9 Å². The summed E-state index contributed by atoms with van der Waals surface area (Å²) in [5, 5.41) is 12.3. The van der Waals surface area contributed by atoms with E-state index in [1.807, 2.05) is 13.0 Å². The van der Waals surface area contributed by atoms with Crippen molar-refractivity contribution in [1.29, 1.82) is 5.26 Å².